The Kier molecular flexibility index (Phi) is 5.26. The predicted molar refractivity (Wildman–Crippen MR) is 93.9 cm³/mol. The zero-order valence-corrected chi connectivity index (χ0v) is 14.6. The molecule has 0 spiro atoms. The molecular weight excluding hydrogens is 318 g/mol. The summed E-state index contributed by atoms with van der Waals surface area (Å²) in [6.45, 7) is 4.11. The number of carbonyl (C=O) groups is 2. The summed E-state index contributed by atoms with van der Waals surface area (Å²) in [5.74, 6) is 0.250. The van der Waals surface area contributed by atoms with Gasteiger partial charge in [-0.15, -0.1) is 0 Å². The minimum atomic E-state index is -0.534. The lowest BCUT2D eigenvalue weighted by Gasteiger charge is -2.34. The van der Waals surface area contributed by atoms with E-state index >= 15 is 0 Å². The number of hydrogen-bond acceptors (Lipinski definition) is 5. The third-order valence-electron chi connectivity index (χ3n) is 5.09. The molecule has 132 valence electrons. The number of nitrogens with zero attached hydrogens (tertiary/aromatic N) is 2. The number of aromatic nitrogens is 2. The molecule has 1 aliphatic carbocycles. The molecule has 1 aromatic carbocycles. The summed E-state index contributed by atoms with van der Waals surface area (Å²) >= 11 is 0. The van der Waals surface area contributed by atoms with Crippen molar-refractivity contribution < 1.29 is 14.3 Å². The van der Waals surface area contributed by atoms with E-state index in [9.17, 15) is 9.59 Å². The van der Waals surface area contributed by atoms with E-state index in [1.54, 1.807) is 30.6 Å². The third kappa shape index (κ3) is 4.13. The van der Waals surface area contributed by atoms with Gasteiger partial charge < -0.3 is 10.1 Å². The first-order chi connectivity index (χ1) is 12.0. The minimum absolute atomic E-state index is 0.158. The first-order valence-electron chi connectivity index (χ1n) is 8.72. The van der Waals surface area contributed by atoms with E-state index in [0.717, 1.165) is 12.8 Å². The summed E-state index contributed by atoms with van der Waals surface area (Å²) in [4.78, 5) is 32.6. The van der Waals surface area contributed by atoms with Gasteiger partial charge in [-0.2, -0.15) is 0 Å². The topological polar surface area (TPSA) is 81.2 Å². The van der Waals surface area contributed by atoms with Crippen LogP contribution in [0.25, 0.3) is 11.0 Å². The Labute approximate surface area is 147 Å². The maximum absolute atomic E-state index is 12.2. The van der Waals surface area contributed by atoms with Crippen LogP contribution in [0.5, 0.6) is 0 Å². The summed E-state index contributed by atoms with van der Waals surface area (Å²) in [5, 5.41) is 3.00. The van der Waals surface area contributed by atoms with E-state index in [4.69, 9.17) is 4.74 Å². The van der Waals surface area contributed by atoms with Crippen LogP contribution in [0, 0.1) is 11.8 Å². The van der Waals surface area contributed by atoms with Gasteiger partial charge in [0.2, 0.25) is 0 Å². The molecule has 0 unspecified atom stereocenters. The SMILES string of the molecule is C[C@H]1[C@@H](NC(=O)COC(=O)c2ccc3nccnc3c2)CCC[C@@H]1C. The van der Waals surface area contributed by atoms with Gasteiger partial charge in [0, 0.05) is 18.4 Å². The van der Waals surface area contributed by atoms with Crippen LogP contribution >= 0.6 is 0 Å². The second-order valence-corrected chi connectivity index (χ2v) is 6.78. The van der Waals surface area contributed by atoms with Gasteiger partial charge in [-0.3, -0.25) is 14.8 Å². The predicted octanol–water partition coefficient (Wildman–Crippen LogP) is 2.73. The van der Waals surface area contributed by atoms with Gasteiger partial charge in [0.25, 0.3) is 5.91 Å². The second-order valence-electron chi connectivity index (χ2n) is 6.78. The van der Waals surface area contributed by atoms with E-state index in [1.165, 1.54) is 6.42 Å². The van der Waals surface area contributed by atoms with Crippen molar-refractivity contribution in [1.29, 1.82) is 0 Å². The zero-order chi connectivity index (χ0) is 17.8. The van der Waals surface area contributed by atoms with Gasteiger partial charge in [0.15, 0.2) is 6.61 Å². The standard InChI is InChI=1S/C19H23N3O3/c1-12-4-3-5-15(13(12)2)22-18(23)11-25-19(24)14-6-7-16-17(10-14)21-9-8-20-16/h6-10,12-13,15H,3-5,11H2,1-2H3,(H,22,23)/t12-,13+,15-/m0/s1. The molecule has 6 heteroatoms. The molecule has 25 heavy (non-hydrogen) atoms. The molecule has 0 aliphatic heterocycles. The summed E-state index contributed by atoms with van der Waals surface area (Å²) < 4.78 is 5.14. The van der Waals surface area contributed by atoms with Crippen LogP contribution in [0.15, 0.2) is 30.6 Å². The average Bonchev–Trinajstić information content (AvgIpc) is 2.63. The van der Waals surface area contributed by atoms with E-state index in [2.05, 4.69) is 29.1 Å². The summed E-state index contributed by atoms with van der Waals surface area (Å²) in [6, 6.07) is 5.12. The summed E-state index contributed by atoms with van der Waals surface area (Å²) in [5.41, 5.74) is 1.68. The number of ether oxygens (including phenoxy) is 1. The van der Waals surface area contributed by atoms with Gasteiger partial charge in [0.1, 0.15) is 0 Å². The van der Waals surface area contributed by atoms with Gasteiger partial charge in [0.05, 0.1) is 16.6 Å². The molecule has 0 saturated heterocycles. The molecular formula is C19H23N3O3. The third-order valence-corrected chi connectivity index (χ3v) is 5.09. The Bertz CT molecular complexity index is 777. The quantitative estimate of drug-likeness (QED) is 0.865. The lowest BCUT2D eigenvalue weighted by Crippen LogP contribution is -2.45. The van der Waals surface area contributed by atoms with E-state index in [1.807, 2.05) is 0 Å². The van der Waals surface area contributed by atoms with Crippen LogP contribution < -0.4 is 5.32 Å². The number of carbonyl (C=O) groups excluding carboxylic acids is 2. The fourth-order valence-corrected chi connectivity index (χ4v) is 3.34. The Morgan fingerprint density at radius 2 is 1.92 bits per heavy atom. The van der Waals surface area contributed by atoms with Crippen molar-refractivity contribution in [2.75, 3.05) is 6.61 Å². The molecule has 3 atom stereocenters. The summed E-state index contributed by atoms with van der Waals surface area (Å²) in [7, 11) is 0. The first kappa shape index (κ1) is 17.3. The number of fused-ring (bicyclic) bond motifs is 1. The Balaban J connectivity index is 1.55. The molecule has 1 saturated carbocycles. The molecule has 1 amide bonds. The van der Waals surface area contributed by atoms with E-state index < -0.39 is 5.97 Å². The molecule has 0 radical (unpaired) electrons. The first-order valence-corrected chi connectivity index (χ1v) is 8.72. The highest BCUT2D eigenvalue weighted by Crippen LogP contribution is 2.29. The Morgan fingerprint density at radius 1 is 1.16 bits per heavy atom. The van der Waals surface area contributed by atoms with Crippen LogP contribution in [0.1, 0.15) is 43.5 Å². The van der Waals surface area contributed by atoms with Crippen molar-refractivity contribution in [1.82, 2.24) is 15.3 Å². The molecule has 3 rings (SSSR count). The van der Waals surface area contributed by atoms with Crippen molar-refractivity contribution in [3.05, 3.63) is 36.2 Å². The molecule has 1 aromatic heterocycles. The molecule has 2 aromatic rings. The number of rotatable bonds is 4. The summed E-state index contributed by atoms with van der Waals surface area (Å²) in [6.07, 6.45) is 6.46. The van der Waals surface area contributed by atoms with Crippen molar-refractivity contribution in [2.24, 2.45) is 11.8 Å². The van der Waals surface area contributed by atoms with E-state index in [-0.39, 0.29) is 18.6 Å². The lowest BCUT2D eigenvalue weighted by molar-refractivity contribution is -0.125. The lowest BCUT2D eigenvalue weighted by atomic mass is 9.78. The molecule has 1 N–H and O–H groups in total. The number of nitrogens with one attached hydrogen (secondary N) is 1. The Morgan fingerprint density at radius 3 is 2.72 bits per heavy atom. The monoisotopic (exact) mass is 341 g/mol. The number of amides is 1. The highest BCUT2D eigenvalue weighted by molar-refractivity contribution is 5.94. The zero-order valence-electron chi connectivity index (χ0n) is 14.6. The smallest absolute Gasteiger partial charge is 0.338 e. The van der Waals surface area contributed by atoms with Gasteiger partial charge in [-0.05, 0) is 36.5 Å². The van der Waals surface area contributed by atoms with Crippen molar-refractivity contribution in [2.45, 2.75) is 39.2 Å². The maximum Gasteiger partial charge on any atom is 0.338 e. The molecule has 1 heterocycles. The second kappa shape index (κ2) is 7.59. The largest absolute Gasteiger partial charge is 0.452 e. The van der Waals surface area contributed by atoms with Crippen LogP contribution in [0.2, 0.25) is 0 Å². The van der Waals surface area contributed by atoms with E-state index in [0.29, 0.717) is 28.4 Å². The molecule has 6 nitrogen and oxygen atoms in total. The Hall–Kier alpha value is -2.50. The van der Waals surface area contributed by atoms with Gasteiger partial charge in [-0.1, -0.05) is 26.7 Å². The van der Waals surface area contributed by atoms with Crippen molar-refractivity contribution in [3.63, 3.8) is 0 Å². The molecule has 1 fully saturated rings. The maximum atomic E-state index is 12.2. The molecule has 1 aliphatic rings. The van der Waals surface area contributed by atoms with Crippen LogP contribution in [-0.2, 0) is 9.53 Å². The highest BCUT2D eigenvalue weighted by Gasteiger charge is 2.28. The van der Waals surface area contributed by atoms with Crippen molar-refractivity contribution >= 4 is 22.9 Å². The average molecular weight is 341 g/mol. The minimum Gasteiger partial charge on any atom is -0.452 e. The normalized spacial score (nSPS) is 23.2. The number of benzene rings is 1. The fraction of sp³-hybridized carbons (Fsp3) is 0.474. The van der Waals surface area contributed by atoms with Gasteiger partial charge >= 0.3 is 5.97 Å². The highest BCUT2D eigenvalue weighted by atomic mass is 16.5. The van der Waals surface area contributed by atoms with Crippen LogP contribution in [0.4, 0.5) is 0 Å². The fourth-order valence-electron chi connectivity index (χ4n) is 3.34. The van der Waals surface area contributed by atoms with Crippen LogP contribution in [0.3, 0.4) is 0 Å². The van der Waals surface area contributed by atoms with Gasteiger partial charge in [-0.25, -0.2) is 4.79 Å². The van der Waals surface area contributed by atoms with Crippen LogP contribution in [-0.4, -0.2) is 34.5 Å². The molecule has 0 bridgehead atoms. The van der Waals surface area contributed by atoms with Crippen molar-refractivity contribution in [3.8, 4) is 0 Å². The number of hydrogen-bond donors (Lipinski definition) is 1. The number of esters is 1.